The maximum absolute atomic E-state index is 11.6. The topological polar surface area (TPSA) is 75.8 Å². The minimum Gasteiger partial charge on any atom is -0.389 e. The number of amides is 1. The largest absolute Gasteiger partial charge is 0.389 e. The summed E-state index contributed by atoms with van der Waals surface area (Å²) >= 11 is 0. The van der Waals surface area contributed by atoms with Crippen molar-refractivity contribution in [2.24, 2.45) is 5.73 Å². The van der Waals surface area contributed by atoms with Crippen LogP contribution in [0.5, 0.6) is 0 Å². The molecule has 15 heavy (non-hydrogen) atoms. The average Bonchev–Trinajstić information content (AvgIpc) is 2.17. The van der Waals surface area contributed by atoms with Crippen LogP contribution < -0.4 is 5.73 Å². The molecule has 0 aliphatic heterocycles. The molecule has 0 saturated heterocycles. The third-order valence-corrected chi connectivity index (χ3v) is 1.96. The molecule has 0 fully saturated rings. The standard InChI is InChI=1S/C10H20N2O3/c1-4-5-9(11)10(14)12(2)6-8(13)7-15-3/h4,8-9,13H,1,5-7,11H2,2-3H3. The number of hydrogen-bond acceptors (Lipinski definition) is 4. The van der Waals surface area contributed by atoms with Crippen molar-refractivity contribution >= 4 is 5.91 Å². The SMILES string of the molecule is C=CCC(N)C(=O)N(C)CC(O)COC. The highest BCUT2D eigenvalue weighted by atomic mass is 16.5. The number of nitrogens with zero attached hydrogens (tertiary/aromatic N) is 1. The number of ether oxygens (including phenoxy) is 1. The smallest absolute Gasteiger partial charge is 0.239 e. The molecule has 88 valence electrons. The quantitative estimate of drug-likeness (QED) is 0.555. The van der Waals surface area contributed by atoms with Crippen molar-refractivity contribution in [2.75, 3.05) is 27.3 Å². The lowest BCUT2D eigenvalue weighted by atomic mass is 10.2. The maximum Gasteiger partial charge on any atom is 0.239 e. The van der Waals surface area contributed by atoms with Gasteiger partial charge >= 0.3 is 0 Å². The first kappa shape index (κ1) is 14.1. The van der Waals surface area contributed by atoms with E-state index >= 15 is 0 Å². The molecule has 0 aliphatic carbocycles. The Labute approximate surface area is 90.5 Å². The summed E-state index contributed by atoms with van der Waals surface area (Å²) in [5, 5.41) is 9.40. The van der Waals surface area contributed by atoms with Crippen LogP contribution >= 0.6 is 0 Å². The average molecular weight is 216 g/mol. The number of rotatable bonds is 7. The fourth-order valence-electron chi connectivity index (χ4n) is 1.21. The third kappa shape index (κ3) is 5.51. The van der Waals surface area contributed by atoms with E-state index in [1.165, 1.54) is 12.0 Å². The normalized spacial score (nSPS) is 14.4. The third-order valence-electron chi connectivity index (χ3n) is 1.96. The van der Waals surface area contributed by atoms with Crippen LogP contribution in [-0.2, 0) is 9.53 Å². The van der Waals surface area contributed by atoms with Gasteiger partial charge in [0.2, 0.25) is 5.91 Å². The number of hydrogen-bond donors (Lipinski definition) is 2. The molecule has 3 N–H and O–H groups in total. The molecule has 5 nitrogen and oxygen atoms in total. The van der Waals surface area contributed by atoms with E-state index in [2.05, 4.69) is 6.58 Å². The zero-order valence-electron chi connectivity index (χ0n) is 9.35. The van der Waals surface area contributed by atoms with Gasteiger partial charge in [-0.25, -0.2) is 0 Å². The second kappa shape index (κ2) is 7.39. The molecule has 0 aliphatic rings. The Morgan fingerprint density at radius 3 is 2.80 bits per heavy atom. The zero-order valence-corrected chi connectivity index (χ0v) is 9.35. The van der Waals surface area contributed by atoms with Gasteiger partial charge in [0, 0.05) is 20.7 Å². The minimum absolute atomic E-state index is 0.203. The van der Waals surface area contributed by atoms with Gasteiger partial charge in [0.1, 0.15) is 0 Å². The highest BCUT2D eigenvalue weighted by molar-refractivity contribution is 5.81. The molecule has 0 rings (SSSR count). The molecule has 0 aromatic rings. The highest BCUT2D eigenvalue weighted by Crippen LogP contribution is 1.97. The van der Waals surface area contributed by atoms with Gasteiger partial charge in [-0.15, -0.1) is 6.58 Å². The van der Waals surface area contributed by atoms with Crippen LogP contribution in [0.3, 0.4) is 0 Å². The van der Waals surface area contributed by atoms with Gasteiger partial charge in [0.05, 0.1) is 18.8 Å². The molecule has 2 unspecified atom stereocenters. The van der Waals surface area contributed by atoms with E-state index in [1.807, 2.05) is 0 Å². The van der Waals surface area contributed by atoms with Crippen LogP contribution in [-0.4, -0.2) is 55.4 Å². The van der Waals surface area contributed by atoms with Crippen molar-refractivity contribution < 1.29 is 14.6 Å². The van der Waals surface area contributed by atoms with Crippen molar-refractivity contribution in [1.82, 2.24) is 4.90 Å². The molecule has 0 aromatic carbocycles. The van der Waals surface area contributed by atoms with Crippen LogP contribution in [0.25, 0.3) is 0 Å². The van der Waals surface area contributed by atoms with Gasteiger partial charge in [0.25, 0.3) is 0 Å². The first-order valence-electron chi connectivity index (χ1n) is 4.81. The molecule has 2 atom stereocenters. The predicted octanol–water partition coefficient (Wildman–Crippen LogP) is -0.644. The highest BCUT2D eigenvalue weighted by Gasteiger charge is 2.18. The fourth-order valence-corrected chi connectivity index (χ4v) is 1.21. The lowest BCUT2D eigenvalue weighted by molar-refractivity contribution is -0.132. The molecule has 1 amide bonds. The number of carbonyl (C=O) groups excluding carboxylic acids is 1. The van der Waals surface area contributed by atoms with Crippen molar-refractivity contribution in [3.05, 3.63) is 12.7 Å². The monoisotopic (exact) mass is 216 g/mol. The van der Waals surface area contributed by atoms with E-state index in [1.54, 1.807) is 13.1 Å². The first-order valence-corrected chi connectivity index (χ1v) is 4.81. The van der Waals surface area contributed by atoms with Gasteiger partial charge in [-0.3, -0.25) is 4.79 Å². The van der Waals surface area contributed by atoms with Crippen LogP contribution in [0.2, 0.25) is 0 Å². The fraction of sp³-hybridized carbons (Fsp3) is 0.700. The molecule has 0 radical (unpaired) electrons. The first-order chi connectivity index (χ1) is 7.02. The number of likely N-dealkylation sites (N-methyl/N-ethyl adjacent to an activating group) is 1. The number of aliphatic hydroxyl groups is 1. The molecular weight excluding hydrogens is 196 g/mol. The Kier molecular flexibility index (Phi) is 6.94. The van der Waals surface area contributed by atoms with E-state index < -0.39 is 12.1 Å². The molecule has 5 heteroatoms. The Morgan fingerprint density at radius 1 is 1.73 bits per heavy atom. The summed E-state index contributed by atoms with van der Waals surface area (Å²) in [6.07, 6.45) is 1.35. The van der Waals surface area contributed by atoms with Gasteiger partial charge in [-0.1, -0.05) is 6.08 Å². The second-order valence-corrected chi connectivity index (χ2v) is 3.46. The number of carbonyl (C=O) groups is 1. The summed E-state index contributed by atoms with van der Waals surface area (Å²) in [4.78, 5) is 13.0. The van der Waals surface area contributed by atoms with Gasteiger partial charge in [-0.05, 0) is 6.42 Å². The van der Waals surface area contributed by atoms with Crippen LogP contribution in [0.1, 0.15) is 6.42 Å². The van der Waals surface area contributed by atoms with Crippen molar-refractivity contribution in [1.29, 1.82) is 0 Å². The molecule has 0 spiro atoms. The predicted molar refractivity (Wildman–Crippen MR) is 58.3 cm³/mol. The zero-order chi connectivity index (χ0) is 11.8. The summed E-state index contributed by atoms with van der Waals surface area (Å²) < 4.78 is 4.76. The molecule has 0 bridgehead atoms. The van der Waals surface area contributed by atoms with Gasteiger partial charge in [0.15, 0.2) is 0 Å². The summed E-state index contributed by atoms with van der Waals surface area (Å²) in [7, 11) is 3.10. The van der Waals surface area contributed by atoms with Gasteiger partial charge in [-0.2, -0.15) is 0 Å². The lowest BCUT2D eigenvalue weighted by Crippen LogP contribution is -2.45. The summed E-state index contributed by atoms with van der Waals surface area (Å²) in [5.74, 6) is -0.204. The van der Waals surface area contributed by atoms with Crippen molar-refractivity contribution in [3.63, 3.8) is 0 Å². The van der Waals surface area contributed by atoms with Crippen molar-refractivity contribution in [3.8, 4) is 0 Å². The molecular formula is C10H20N2O3. The maximum atomic E-state index is 11.6. The van der Waals surface area contributed by atoms with Crippen LogP contribution in [0.15, 0.2) is 12.7 Å². The van der Waals surface area contributed by atoms with E-state index in [0.717, 1.165) is 0 Å². The van der Waals surface area contributed by atoms with E-state index in [-0.39, 0.29) is 19.1 Å². The van der Waals surface area contributed by atoms with Crippen LogP contribution in [0.4, 0.5) is 0 Å². The van der Waals surface area contributed by atoms with Crippen molar-refractivity contribution in [2.45, 2.75) is 18.6 Å². The van der Waals surface area contributed by atoms with Gasteiger partial charge < -0.3 is 20.5 Å². The summed E-state index contributed by atoms with van der Waals surface area (Å²) in [6, 6.07) is -0.581. The lowest BCUT2D eigenvalue weighted by Gasteiger charge is -2.23. The van der Waals surface area contributed by atoms with E-state index in [9.17, 15) is 9.90 Å². The summed E-state index contributed by atoms with van der Waals surface area (Å²) in [6.45, 7) is 3.94. The molecule has 0 heterocycles. The van der Waals surface area contributed by atoms with E-state index in [4.69, 9.17) is 10.5 Å². The Bertz CT molecular complexity index is 209. The Morgan fingerprint density at radius 2 is 2.33 bits per heavy atom. The van der Waals surface area contributed by atoms with Crippen LogP contribution in [0, 0.1) is 0 Å². The number of aliphatic hydroxyl groups excluding tert-OH is 1. The number of methoxy groups -OCH3 is 1. The summed E-state index contributed by atoms with van der Waals surface area (Å²) in [5.41, 5.74) is 5.60. The number of nitrogens with two attached hydrogens (primary N) is 1. The molecule has 0 aromatic heterocycles. The Hall–Kier alpha value is -0.910. The van der Waals surface area contributed by atoms with E-state index in [0.29, 0.717) is 6.42 Å². The molecule has 0 saturated carbocycles. The Balaban J connectivity index is 4.02. The second-order valence-electron chi connectivity index (χ2n) is 3.46. The minimum atomic E-state index is -0.681.